The Hall–Kier alpha value is -2.29. The van der Waals surface area contributed by atoms with Crippen molar-refractivity contribution in [2.45, 2.75) is 46.1 Å². The molecule has 122 valence electrons. The van der Waals surface area contributed by atoms with Crippen LogP contribution < -0.4 is 10.6 Å². The predicted octanol–water partition coefficient (Wildman–Crippen LogP) is 4.95. The van der Waals surface area contributed by atoms with Crippen LogP contribution in [0.1, 0.15) is 44.2 Å². The predicted molar refractivity (Wildman–Crippen MR) is 98.0 cm³/mol. The first-order valence-corrected chi connectivity index (χ1v) is 8.24. The minimum atomic E-state index is -0.304. The van der Waals surface area contributed by atoms with Crippen LogP contribution in [-0.2, 0) is 4.79 Å². The first kappa shape index (κ1) is 17.1. The van der Waals surface area contributed by atoms with Crippen LogP contribution in [0.15, 0.2) is 48.5 Å². The molecule has 0 saturated carbocycles. The molecule has 3 nitrogen and oxygen atoms in total. The summed E-state index contributed by atoms with van der Waals surface area (Å²) in [6, 6.07) is 15.8. The van der Waals surface area contributed by atoms with Crippen LogP contribution in [0.5, 0.6) is 0 Å². The van der Waals surface area contributed by atoms with Gasteiger partial charge in [-0.25, -0.2) is 0 Å². The summed E-state index contributed by atoms with van der Waals surface area (Å²) in [5, 5.41) is 6.31. The van der Waals surface area contributed by atoms with Crippen molar-refractivity contribution >= 4 is 17.3 Å². The molecule has 0 fully saturated rings. The van der Waals surface area contributed by atoms with Crippen LogP contribution in [0.2, 0.25) is 0 Å². The molecule has 0 saturated heterocycles. The van der Waals surface area contributed by atoms with Crippen molar-refractivity contribution in [3.8, 4) is 0 Å². The van der Waals surface area contributed by atoms with E-state index in [-0.39, 0.29) is 11.9 Å². The number of hydrogen-bond donors (Lipinski definition) is 2. The van der Waals surface area contributed by atoms with Gasteiger partial charge in [0.05, 0.1) is 0 Å². The molecule has 2 unspecified atom stereocenters. The van der Waals surface area contributed by atoms with E-state index in [0.29, 0.717) is 5.92 Å². The fourth-order valence-corrected chi connectivity index (χ4v) is 2.55. The minimum Gasteiger partial charge on any atom is -0.374 e. The molecule has 0 aliphatic rings. The summed E-state index contributed by atoms with van der Waals surface area (Å²) >= 11 is 0. The number of carbonyl (C=O) groups is 1. The van der Waals surface area contributed by atoms with Gasteiger partial charge >= 0.3 is 0 Å². The minimum absolute atomic E-state index is 0.0257. The van der Waals surface area contributed by atoms with E-state index in [1.54, 1.807) is 0 Å². The SMILES string of the molecule is CCC(C)c1ccccc1NC(=O)C(C)Nc1cccc(C)c1. The Balaban J connectivity index is 2.07. The molecular weight excluding hydrogens is 284 g/mol. The third-order valence-electron chi connectivity index (χ3n) is 4.16. The van der Waals surface area contributed by atoms with Crippen molar-refractivity contribution in [3.05, 3.63) is 59.7 Å². The first-order valence-electron chi connectivity index (χ1n) is 8.24. The summed E-state index contributed by atoms with van der Waals surface area (Å²) in [4.78, 5) is 12.5. The summed E-state index contributed by atoms with van der Waals surface area (Å²) in [6.45, 7) is 8.26. The average Bonchev–Trinajstić information content (AvgIpc) is 2.54. The van der Waals surface area contributed by atoms with Crippen molar-refractivity contribution < 1.29 is 4.79 Å². The van der Waals surface area contributed by atoms with E-state index in [4.69, 9.17) is 0 Å². The smallest absolute Gasteiger partial charge is 0.246 e. The highest BCUT2D eigenvalue weighted by atomic mass is 16.2. The first-order chi connectivity index (χ1) is 11.0. The summed E-state index contributed by atoms with van der Waals surface area (Å²) in [6.07, 6.45) is 1.05. The molecule has 0 spiro atoms. The number of rotatable bonds is 6. The molecular formula is C20H26N2O. The van der Waals surface area contributed by atoms with E-state index < -0.39 is 0 Å². The Kier molecular flexibility index (Phi) is 5.80. The highest BCUT2D eigenvalue weighted by Gasteiger charge is 2.16. The van der Waals surface area contributed by atoms with Gasteiger partial charge in [-0.15, -0.1) is 0 Å². The molecule has 23 heavy (non-hydrogen) atoms. The second-order valence-corrected chi connectivity index (χ2v) is 6.12. The van der Waals surface area contributed by atoms with Gasteiger partial charge in [-0.2, -0.15) is 0 Å². The molecule has 0 bridgehead atoms. The van der Waals surface area contributed by atoms with Gasteiger partial charge in [-0.3, -0.25) is 4.79 Å². The number of amides is 1. The van der Waals surface area contributed by atoms with Gasteiger partial charge in [0.1, 0.15) is 6.04 Å². The van der Waals surface area contributed by atoms with E-state index in [1.165, 1.54) is 11.1 Å². The summed E-state index contributed by atoms with van der Waals surface area (Å²) in [7, 11) is 0. The standard InChI is InChI=1S/C20H26N2O/c1-5-15(3)18-11-6-7-12-19(18)22-20(23)16(4)21-17-10-8-9-14(2)13-17/h6-13,15-16,21H,5H2,1-4H3,(H,22,23). The lowest BCUT2D eigenvalue weighted by atomic mass is 9.97. The molecule has 0 aromatic heterocycles. The highest BCUT2D eigenvalue weighted by molar-refractivity contribution is 5.96. The van der Waals surface area contributed by atoms with E-state index in [1.807, 2.05) is 56.3 Å². The molecule has 1 amide bonds. The fraction of sp³-hybridized carbons (Fsp3) is 0.350. The molecule has 3 heteroatoms. The highest BCUT2D eigenvalue weighted by Crippen LogP contribution is 2.26. The largest absolute Gasteiger partial charge is 0.374 e. The molecule has 2 rings (SSSR count). The Morgan fingerprint density at radius 1 is 1.09 bits per heavy atom. The number of hydrogen-bond acceptors (Lipinski definition) is 2. The van der Waals surface area contributed by atoms with Crippen LogP contribution >= 0.6 is 0 Å². The third-order valence-corrected chi connectivity index (χ3v) is 4.16. The summed E-state index contributed by atoms with van der Waals surface area (Å²) in [5.41, 5.74) is 4.23. The second kappa shape index (κ2) is 7.82. The second-order valence-electron chi connectivity index (χ2n) is 6.12. The summed E-state index contributed by atoms with van der Waals surface area (Å²) < 4.78 is 0. The number of para-hydroxylation sites is 1. The number of carbonyl (C=O) groups excluding carboxylic acids is 1. The lowest BCUT2D eigenvalue weighted by Crippen LogP contribution is -2.32. The Morgan fingerprint density at radius 3 is 2.52 bits per heavy atom. The van der Waals surface area contributed by atoms with Gasteiger partial charge in [-0.05, 0) is 55.5 Å². The number of benzene rings is 2. The Labute approximate surface area is 139 Å². The number of anilines is 2. The van der Waals surface area contributed by atoms with Crippen LogP contribution in [0.25, 0.3) is 0 Å². The van der Waals surface area contributed by atoms with Gasteiger partial charge in [0.25, 0.3) is 0 Å². The monoisotopic (exact) mass is 310 g/mol. The topological polar surface area (TPSA) is 41.1 Å². The molecule has 2 atom stereocenters. The number of nitrogens with one attached hydrogen (secondary N) is 2. The fourth-order valence-electron chi connectivity index (χ4n) is 2.55. The molecule has 0 radical (unpaired) electrons. The van der Waals surface area contributed by atoms with Crippen molar-refractivity contribution in [2.75, 3.05) is 10.6 Å². The van der Waals surface area contributed by atoms with E-state index in [9.17, 15) is 4.79 Å². The lowest BCUT2D eigenvalue weighted by molar-refractivity contribution is -0.116. The molecule has 0 aliphatic carbocycles. The number of aryl methyl sites for hydroxylation is 1. The van der Waals surface area contributed by atoms with Crippen LogP contribution in [-0.4, -0.2) is 11.9 Å². The molecule has 2 aromatic carbocycles. The molecule has 2 N–H and O–H groups in total. The van der Waals surface area contributed by atoms with Gasteiger partial charge in [-0.1, -0.05) is 44.2 Å². The van der Waals surface area contributed by atoms with Crippen LogP contribution in [0.4, 0.5) is 11.4 Å². The maximum atomic E-state index is 12.5. The van der Waals surface area contributed by atoms with Gasteiger partial charge in [0.15, 0.2) is 0 Å². The zero-order chi connectivity index (χ0) is 16.8. The van der Waals surface area contributed by atoms with Gasteiger partial charge in [0, 0.05) is 11.4 Å². The van der Waals surface area contributed by atoms with Gasteiger partial charge < -0.3 is 10.6 Å². The molecule has 0 heterocycles. The molecule has 2 aromatic rings. The maximum absolute atomic E-state index is 12.5. The Morgan fingerprint density at radius 2 is 1.83 bits per heavy atom. The van der Waals surface area contributed by atoms with Crippen molar-refractivity contribution in [3.63, 3.8) is 0 Å². The average molecular weight is 310 g/mol. The van der Waals surface area contributed by atoms with Gasteiger partial charge in [0.2, 0.25) is 5.91 Å². The van der Waals surface area contributed by atoms with E-state index >= 15 is 0 Å². The zero-order valence-corrected chi connectivity index (χ0v) is 14.4. The Bertz CT molecular complexity index is 666. The maximum Gasteiger partial charge on any atom is 0.246 e. The third kappa shape index (κ3) is 4.59. The van der Waals surface area contributed by atoms with Crippen LogP contribution in [0, 0.1) is 6.92 Å². The van der Waals surface area contributed by atoms with Crippen molar-refractivity contribution in [2.24, 2.45) is 0 Å². The van der Waals surface area contributed by atoms with E-state index in [0.717, 1.165) is 17.8 Å². The lowest BCUT2D eigenvalue weighted by Gasteiger charge is -2.19. The van der Waals surface area contributed by atoms with E-state index in [2.05, 4.69) is 30.5 Å². The molecule has 0 aliphatic heterocycles. The zero-order valence-electron chi connectivity index (χ0n) is 14.4. The normalized spacial score (nSPS) is 13.2. The summed E-state index contributed by atoms with van der Waals surface area (Å²) in [5.74, 6) is 0.397. The quantitative estimate of drug-likeness (QED) is 0.793. The van der Waals surface area contributed by atoms with Crippen LogP contribution in [0.3, 0.4) is 0 Å². The van der Waals surface area contributed by atoms with Crippen molar-refractivity contribution in [1.29, 1.82) is 0 Å². The van der Waals surface area contributed by atoms with Crippen molar-refractivity contribution in [1.82, 2.24) is 0 Å².